The van der Waals surface area contributed by atoms with Crippen molar-refractivity contribution in [3.63, 3.8) is 0 Å². The SMILES string of the molecule is C[Si](C)(C)CCOCc1cc(I)ccc1S(N)(=O)=O. The molecule has 0 saturated carbocycles. The van der Waals surface area contributed by atoms with Crippen LogP contribution < -0.4 is 5.14 Å². The van der Waals surface area contributed by atoms with Gasteiger partial charge in [0.1, 0.15) is 0 Å². The Morgan fingerprint density at radius 1 is 1.32 bits per heavy atom. The smallest absolute Gasteiger partial charge is 0.238 e. The molecule has 0 amide bonds. The Morgan fingerprint density at radius 3 is 2.47 bits per heavy atom. The van der Waals surface area contributed by atoms with Gasteiger partial charge in [-0.15, -0.1) is 0 Å². The molecule has 0 saturated heterocycles. The molecule has 4 nitrogen and oxygen atoms in total. The number of nitrogens with two attached hydrogens (primary N) is 1. The van der Waals surface area contributed by atoms with Crippen LogP contribution in [0.4, 0.5) is 0 Å². The molecule has 0 bridgehead atoms. The van der Waals surface area contributed by atoms with E-state index in [1.54, 1.807) is 12.1 Å². The Morgan fingerprint density at radius 2 is 1.95 bits per heavy atom. The van der Waals surface area contributed by atoms with Crippen LogP contribution in [0.15, 0.2) is 23.1 Å². The monoisotopic (exact) mass is 413 g/mol. The summed E-state index contributed by atoms with van der Waals surface area (Å²) in [7, 11) is -4.82. The van der Waals surface area contributed by atoms with E-state index < -0.39 is 18.1 Å². The molecule has 7 heteroatoms. The molecule has 0 spiro atoms. The van der Waals surface area contributed by atoms with E-state index in [-0.39, 0.29) is 11.5 Å². The highest BCUT2D eigenvalue weighted by Crippen LogP contribution is 2.19. The number of hydrogen-bond donors (Lipinski definition) is 1. The van der Waals surface area contributed by atoms with Crippen LogP contribution in [0, 0.1) is 3.57 Å². The van der Waals surface area contributed by atoms with Gasteiger partial charge in [0.2, 0.25) is 10.0 Å². The summed E-state index contributed by atoms with van der Waals surface area (Å²) in [5, 5.41) is 5.20. The Balaban J connectivity index is 2.75. The highest BCUT2D eigenvalue weighted by atomic mass is 127. The maximum Gasteiger partial charge on any atom is 0.238 e. The predicted molar refractivity (Wildman–Crippen MR) is 88.3 cm³/mol. The number of hydrogen-bond acceptors (Lipinski definition) is 3. The molecule has 0 unspecified atom stereocenters. The van der Waals surface area contributed by atoms with Crippen LogP contribution in [-0.2, 0) is 21.4 Å². The maximum absolute atomic E-state index is 11.5. The van der Waals surface area contributed by atoms with Crippen LogP contribution >= 0.6 is 22.6 Å². The largest absolute Gasteiger partial charge is 0.377 e. The second kappa shape index (κ2) is 6.66. The summed E-state index contributed by atoms with van der Waals surface area (Å²) in [5.41, 5.74) is 0.630. The van der Waals surface area contributed by atoms with E-state index in [4.69, 9.17) is 9.88 Å². The topological polar surface area (TPSA) is 69.4 Å². The van der Waals surface area contributed by atoms with Crippen LogP contribution in [0.5, 0.6) is 0 Å². The second-order valence-electron chi connectivity index (χ2n) is 5.66. The van der Waals surface area contributed by atoms with Gasteiger partial charge in [-0.25, -0.2) is 13.6 Å². The molecule has 0 fully saturated rings. The molecule has 1 rings (SSSR count). The first-order chi connectivity index (χ1) is 8.59. The van der Waals surface area contributed by atoms with Crippen LogP contribution in [0.3, 0.4) is 0 Å². The number of benzene rings is 1. The van der Waals surface area contributed by atoms with Gasteiger partial charge in [-0.1, -0.05) is 19.6 Å². The van der Waals surface area contributed by atoms with E-state index in [1.165, 1.54) is 6.07 Å². The minimum atomic E-state index is -3.69. The van der Waals surface area contributed by atoms with Gasteiger partial charge in [-0.05, 0) is 52.4 Å². The molecule has 1 aromatic rings. The highest BCUT2D eigenvalue weighted by molar-refractivity contribution is 14.1. The molecule has 0 radical (unpaired) electrons. The lowest BCUT2D eigenvalue weighted by Crippen LogP contribution is -2.22. The average Bonchev–Trinajstić information content (AvgIpc) is 2.21. The summed E-state index contributed by atoms with van der Waals surface area (Å²) in [5.74, 6) is 0. The van der Waals surface area contributed by atoms with Crippen molar-refractivity contribution in [3.8, 4) is 0 Å². The normalized spacial score (nSPS) is 12.7. The summed E-state index contributed by atoms with van der Waals surface area (Å²) in [6.45, 7) is 7.77. The van der Waals surface area contributed by atoms with Crippen molar-refractivity contribution in [1.29, 1.82) is 0 Å². The first kappa shape index (κ1) is 17.1. The van der Waals surface area contributed by atoms with Gasteiger partial charge < -0.3 is 4.74 Å². The zero-order valence-electron chi connectivity index (χ0n) is 11.4. The molecular weight excluding hydrogens is 393 g/mol. The van der Waals surface area contributed by atoms with Gasteiger partial charge in [-0.3, -0.25) is 0 Å². The molecule has 108 valence electrons. The number of halogens is 1. The lowest BCUT2D eigenvalue weighted by atomic mass is 10.2. The molecule has 19 heavy (non-hydrogen) atoms. The van der Waals surface area contributed by atoms with Crippen molar-refractivity contribution in [3.05, 3.63) is 27.3 Å². The van der Waals surface area contributed by atoms with Crippen molar-refractivity contribution in [2.75, 3.05) is 6.61 Å². The van der Waals surface area contributed by atoms with Gasteiger partial charge in [0.05, 0.1) is 11.5 Å². The van der Waals surface area contributed by atoms with Crippen LogP contribution in [-0.4, -0.2) is 23.1 Å². The molecule has 0 atom stereocenters. The molecule has 0 aliphatic heterocycles. The molecule has 0 heterocycles. The van der Waals surface area contributed by atoms with Crippen molar-refractivity contribution in [2.45, 2.75) is 37.2 Å². The highest BCUT2D eigenvalue weighted by Gasteiger charge is 2.15. The molecule has 2 N–H and O–H groups in total. The van der Waals surface area contributed by atoms with E-state index >= 15 is 0 Å². The average molecular weight is 413 g/mol. The third-order valence-corrected chi connectivity index (χ3v) is 5.97. The predicted octanol–water partition coefficient (Wildman–Crippen LogP) is 2.79. The van der Waals surface area contributed by atoms with Gasteiger partial charge in [0.15, 0.2) is 0 Å². The van der Waals surface area contributed by atoms with Gasteiger partial charge in [0, 0.05) is 18.3 Å². The Labute approximate surface area is 129 Å². The summed E-state index contributed by atoms with van der Waals surface area (Å²) in [6, 6.07) is 6.12. The van der Waals surface area contributed by atoms with Crippen molar-refractivity contribution in [1.82, 2.24) is 0 Å². The van der Waals surface area contributed by atoms with E-state index in [1.807, 2.05) is 0 Å². The molecule has 1 aromatic carbocycles. The minimum Gasteiger partial charge on any atom is -0.377 e. The van der Waals surface area contributed by atoms with Crippen LogP contribution in [0.1, 0.15) is 5.56 Å². The van der Waals surface area contributed by atoms with E-state index in [0.29, 0.717) is 12.2 Å². The number of ether oxygens (including phenoxy) is 1. The Hall–Kier alpha value is 0.0369. The number of sulfonamides is 1. The minimum absolute atomic E-state index is 0.154. The lowest BCUT2D eigenvalue weighted by molar-refractivity contribution is 0.131. The zero-order chi connectivity index (χ0) is 14.7. The van der Waals surface area contributed by atoms with E-state index in [9.17, 15) is 8.42 Å². The summed E-state index contributed by atoms with van der Waals surface area (Å²) < 4.78 is 29.5. The zero-order valence-corrected chi connectivity index (χ0v) is 15.4. The molecule has 0 aromatic heterocycles. The van der Waals surface area contributed by atoms with Crippen molar-refractivity contribution in [2.24, 2.45) is 5.14 Å². The Bertz CT molecular complexity index is 540. The van der Waals surface area contributed by atoms with Gasteiger partial charge >= 0.3 is 0 Å². The van der Waals surface area contributed by atoms with Gasteiger partial charge in [-0.2, -0.15) is 0 Å². The summed E-state index contributed by atoms with van der Waals surface area (Å²) in [4.78, 5) is 0.154. The third kappa shape index (κ3) is 6.35. The van der Waals surface area contributed by atoms with Crippen molar-refractivity contribution < 1.29 is 13.2 Å². The number of primary sulfonamides is 1. The fourth-order valence-corrected chi connectivity index (χ4v) is 3.55. The first-order valence-electron chi connectivity index (χ1n) is 5.98. The van der Waals surface area contributed by atoms with E-state index in [2.05, 4.69) is 42.2 Å². The third-order valence-electron chi connectivity index (χ3n) is 2.58. The van der Waals surface area contributed by atoms with Crippen LogP contribution in [0.25, 0.3) is 0 Å². The maximum atomic E-state index is 11.5. The second-order valence-corrected chi connectivity index (χ2v) is 14.1. The molecular formula is C12H20INO3SSi. The van der Waals surface area contributed by atoms with Crippen molar-refractivity contribution >= 4 is 40.7 Å². The van der Waals surface area contributed by atoms with E-state index in [0.717, 1.165) is 9.61 Å². The number of rotatable bonds is 6. The van der Waals surface area contributed by atoms with Gasteiger partial charge in [0.25, 0.3) is 0 Å². The Kier molecular flexibility index (Phi) is 5.99. The lowest BCUT2D eigenvalue weighted by Gasteiger charge is -2.16. The quantitative estimate of drug-likeness (QED) is 0.443. The fourth-order valence-electron chi connectivity index (χ4n) is 1.50. The first-order valence-corrected chi connectivity index (χ1v) is 12.3. The summed E-state index contributed by atoms with van der Waals surface area (Å²) >= 11 is 2.14. The fraction of sp³-hybridized carbons (Fsp3) is 0.500. The van der Waals surface area contributed by atoms with Crippen LogP contribution in [0.2, 0.25) is 25.7 Å². The molecule has 0 aliphatic carbocycles. The standard InChI is InChI=1S/C12H20INO3SSi/c1-19(2,3)7-6-17-9-10-8-11(13)4-5-12(10)18(14,15)16/h4-5,8H,6-7,9H2,1-3H3,(H2,14,15,16). The molecule has 0 aliphatic rings. The summed E-state index contributed by atoms with van der Waals surface area (Å²) in [6.07, 6.45) is 0.